The van der Waals surface area contributed by atoms with E-state index in [0.717, 1.165) is 81.6 Å². The van der Waals surface area contributed by atoms with Crippen LogP contribution in [0.15, 0.2) is 72.8 Å². The zero-order chi connectivity index (χ0) is 33.9. The molecule has 0 aliphatic carbocycles. The van der Waals surface area contributed by atoms with Gasteiger partial charge < -0.3 is 14.7 Å². The minimum atomic E-state index is -0.213. The Labute approximate surface area is 285 Å². The number of esters is 1. The van der Waals surface area contributed by atoms with Crippen molar-refractivity contribution in [3.63, 3.8) is 0 Å². The highest BCUT2D eigenvalue weighted by atomic mass is 19.1. The lowest BCUT2D eigenvalue weighted by molar-refractivity contribution is -0.143. The quantitative estimate of drug-likeness (QED) is 0.166. The van der Waals surface area contributed by atoms with Crippen molar-refractivity contribution in [3.8, 4) is 5.75 Å². The number of hydrogen-bond donors (Lipinski definition) is 1. The summed E-state index contributed by atoms with van der Waals surface area (Å²) in [6.45, 7) is 11.8. The maximum Gasteiger partial charge on any atom is 0.305 e. The fourth-order valence-corrected chi connectivity index (χ4v) is 7.13. The normalized spacial score (nSPS) is 18.5. The number of carbonyl (C=O) groups excluding carboxylic acids is 2. The molecule has 0 saturated carbocycles. The molecule has 5 rings (SSSR count). The molecule has 258 valence electrons. The number of nitrogens with zero attached hydrogens (tertiary/aromatic N) is 4. The van der Waals surface area contributed by atoms with Crippen molar-refractivity contribution in [2.75, 3.05) is 59.0 Å². The fraction of sp³-hybridized carbons (Fsp3) is 0.487. The Morgan fingerprint density at radius 1 is 0.854 bits per heavy atom. The molecule has 48 heavy (non-hydrogen) atoms. The summed E-state index contributed by atoms with van der Waals surface area (Å²) in [5, 5.41) is 10.4. The number of halogens is 1. The Morgan fingerprint density at radius 3 is 2.29 bits per heavy atom. The summed E-state index contributed by atoms with van der Waals surface area (Å²) in [4.78, 5) is 34.5. The van der Waals surface area contributed by atoms with Crippen LogP contribution in [0.3, 0.4) is 0 Å². The molecule has 0 radical (unpaired) electrons. The standard InChI is InChI=1S/C39H51FN4O4/c1-3-48-37(46)17-6-4-5-7-18-41-19-22-43(23-20-41)39(47)34-14-9-12-32(26-34)38(33-13-10-16-36(45)27-33)44-24-21-42(28-30(44)2)29-31-11-8-15-35(40)25-31/h8-16,25-27,30,38,45H,3-7,17-24,28-29H2,1-2H3. The van der Waals surface area contributed by atoms with Gasteiger partial charge in [0.2, 0.25) is 0 Å². The molecule has 0 spiro atoms. The van der Waals surface area contributed by atoms with Crippen LogP contribution >= 0.6 is 0 Å². The number of benzene rings is 3. The van der Waals surface area contributed by atoms with Crippen molar-refractivity contribution in [2.45, 2.75) is 64.6 Å². The first-order chi connectivity index (χ1) is 23.3. The molecule has 9 heteroatoms. The van der Waals surface area contributed by atoms with Crippen LogP contribution in [-0.4, -0.2) is 102 Å². The van der Waals surface area contributed by atoms with E-state index in [0.29, 0.717) is 38.2 Å². The number of unbranched alkanes of at least 4 members (excludes halogenated alkanes) is 3. The maximum absolute atomic E-state index is 13.8. The molecular formula is C39H51FN4O4. The SMILES string of the molecule is CCOC(=O)CCCCCCN1CCN(C(=O)c2cccc(C(c3cccc(O)c3)N3CCN(Cc4cccc(F)c4)CC3C)c2)CC1. The number of piperazine rings is 2. The number of aromatic hydroxyl groups is 1. The van der Waals surface area contributed by atoms with Gasteiger partial charge in [-0.25, -0.2) is 4.39 Å². The van der Waals surface area contributed by atoms with E-state index in [-0.39, 0.29) is 35.5 Å². The van der Waals surface area contributed by atoms with Gasteiger partial charge in [0.15, 0.2) is 0 Å². The summed E-state index contributed by atoms with van der Waals surface area (Å²) >= 11 is 0. The third-order valence-electron chi connectivity index (χ3n) is 9.60. The van der Waals surface area contributed by atoms with E-state index in [4.69, 9.17) is 4.74 Å². The first-order valence-corrected chi connectivity index (χ1v) is 17.6. The molecular weight excluding hydrogens is 607 g/mol. The predicted molar refractivity (Wildman–Crippen MR) is 186 cm³/mol. The zero-order valence-corrected chi connectivity index (χ0v) is 28.5. The van der Waals surface area contributed by atoms with Gasteiger partial charge in [0.1, 0.15) is 11.6 Å². The molecule has 0 bridgehead atoms. The second kappa shape index (κ2) is 17.6. The predicted octanol–water partition coefficient (Wildman–Crippen LogP) is 6.10. The van der Waals surface area contributed by atoms with E-state index < -0.39 is 0 Å². The topological polar surface area (TPSA) is 76.6 Å². The van der Waals surface area contributed by atoms with Crippen LogP contribution in [0.4, 0.5) is 4.39 Å². The van der Waals surface area contributed by atoms with E-state index in [1.165, 1.54) is 6.07 Å². The van der Waals surface area contributed by atoms with Gasteiger partial charge >= 0.3 is 5.97 Å². The number of phenolic OH excluding ortho intramolecular Hbond substituents is 1. The molecule has 2 saturated heterocycles. The second-order valence-electron chi connectivity index (χ2n) is 13.2. The van der Waals surface area contributed by atoms with E-state index in [9.17, 15) is 19.1 Å². The van der Waals surface area contributed by atoms with Crippen LogP contribution in [0.1, 0.15) is 79.0 Å². The number of hydrogen-bond acceptors (Lipinski definition) is 7. The van der Waals surface area contributed by atoms with Gasteiger partial charge in [-0.3, -0.25) is 24.3 Å². The highest BCUT2D eigenvalue weighted by molar-refractivity contribution is 5.94. The smallest absolute Gasteiger partial charge is 0.305 e. The lowest BCUT2D eigenvalue weighted by atomic mass is 9.93. The third kappa shape index (κ3) is 9.87. The first kappa shape index (κ1) is 35.5. The van der Waals surface area contributed by atoms with Crippen LogP contribution in [0.5, 0.6) is 5.75 Å². The highest BCUT2D eigenvalue weighted by Crippen LogP contribution is 2.34. The minimum absolute atomic E-state index is 0.0538. The van der Waals surface area contributed by atoms with Crippen LogP contribution in [0.2, 0.25) is 0 Å². The molecule has 2 atom stereocenters. The monoisotopic (exact) mass is 658 g/mol. The number of carbonyl (C=O) groups is 2. The summed E-state index contributed by atoms with van der Waals surface area (Å²) in [5.41, 5.74) is 3.66. The van der Waals surface area contributed by atoms with Crippen LogP contribution in [0.25, 0.3) is 0 Å². The van der Waals surface area contributed by atoms with Crippen molar-refractivity contribution in [3.05, 3.63) is 101 Å². The first-order valence-electron chi connectivity index (χ1n) is 17.6. The molecule has 2 fully saturated rings. The summed E-state index contributed by atoms with van der Waals surface area (Å²) in [5.74, 6) is -0.0460. The molecule has 0 aromatic heterocycles. The van der Waals surface area contributed by atoms with E-state index in [1.54, 1.807) is 18.2 Å². The molecule has 2 aliphatic heterocycles. The van der Waals surface area contributed by atoms with Gasteiger partial charge in [0.25, 0.3) is 5.91 Å². The fourth-order valence-electron chi connectivity index (χ4n) is 7.13. The van der Waals surface area contributed by atoms with Crippen molar-refractivity contribution in [1.82, 2.24) is 19.6 Å². The molecule has 2 unspecified atom stereocenters. The molecule has 1 amide bonds. The van der Waals surface area contributed by atoms with Crippen LogP contribution < -0.4 is 0 Å². The van der Waals surface area contributed by atoms with Gasteiger partial charge in [-0.05, 0) is 86.3 Å². The maximum atomic E-state index is 13.8. The largest absolute Gasteiger partial charge is 0.508 e. The lowest BCUT2D eigenvalue weighted by Gasteiger charge is -2.44. The van der Waals surface area contributed by atoms with E-state index in [1.807, 2.05) is 54.3 Å². The summed E-state index contributed by atoms with van der Waals surface area (Å²) < 4.78 is 18.8. The summed E-state index contributed by atoms with van der Waals surface area (Å²) in [6, 6.07) is 22.3. The lowest BCUT2D eigenvalue weighted by Crippen LogP contribution is -2.52. The third-order valence-corrected chi connectivity index (χ3v) is 9.60. The van der Waals surface area contributed by atoms with Crippen molar-refractivity contribution in [1.29, 1.82) is 0 Å². The van der Waals surface area contributed by atoms with Crippen LogP contribution in [-0.2, 0) is 16.1 Å². The van der Waals surface area contributed by atoms with Crippen molar-refractivity contribution < 1.29 is 23.8 Å². The Kier molecular flexibility index (Phi) is 13.0. The summed E-state index contributed by atoms with van der Waals surface area (Å²) in [6.07, 6.45) is 4.58. The van der Waals surface area contributed by atoms with Crippen LogP contribution in [0, 0.1) is 5.82 Å². The molecule has 2 heterocycles. The zero-order valence-electron chi connectivity index (χ0n) is 28.5. The molecule has 3 aromatic carbocycles. The molecule has 1 N–H and O–H groups in total. The van der Waals surface area contributed by atoms with Gasteiger partial charge in [-0.2, -0.15) is 0 Å². The second-order valence-corrected chi connectivity index (χ2v) is 13.2. The Balaban J connectivity index is 1.19. The number of ether oxygens (including phenoxy) is 1. The van der Waals surface area contributed by atoms with Gasteiger partial charge in [0, 0.05) is 70.4 Å². The minimum Gasteiger partial charge on any atom is -0.508 e. The molecule has 2 aliphatic rings. The average molecular weight is 659 g/mol. The van der Waals surface area contributed by atoms with Crippen molar-refractivity contribution in [2.24, 2.45) is 0 Å². The van der Waals surface area contributed by atoms with E-state index >= 15 is 0 Å². The summed E-state index contributed by atoms with van der Waals surface area (Å²) in [7, 11) is 0. The van der Waals surface area contributed by atoms with E-state index in [2.05, 4.69) is 27.7 Å². The van der Waals surface area contributed by atoms with Gasteiger partial charge in [0.05, 0.1) is 12.6 Å². The Morgan fingerprint density at radius 2 is 1.56 bits per heavy atom. The number of rotatable bonds is 14. The Hall–Kier alpha value is -3.79. The average Bonchev–Trinajstić information content (AvgIpc) is 3.08. The van der Waals surface area contributed by atoms with Gasteiger partial charge in [-0.15, -0.1) is 0 Å². The van der Waals surface area contributed by atoms with Crippen molar-refractivity contribution >= 4 is 11.9 Å². The molecule has 8 nitrogen and oxygen atoms in total. The highest BCUT2D eigenvalue weighted by Gasteiger charge is 2.32. The number of amides is 1. The molecule has 3 aromatic rings. The Bertz CT molecular complexity index is 1490. The number of phenols is 1. The van der Waals surface area contributed by atoms with Gasteiger partial charge in [-0.1, -0.05) is 49.2 Å².